The van der Waals surface area contributed by atoms with E-state index >= 15 is 0 Å². The second-order valence-corrected chi connectivity index (χ2v) is 16.3. The van der Waals surface area contributed by atoms with E-state index < -0.39 is 12.2 Å². The van der Waals surface area contributed by atoms with Crippen molar-refractivity contribution >= 4 is 17.9 Å². The van der Waals surface area contributed by atoms with Gasteiger partial charge in [-0.05, 0) is 71.4 Å². The Morgan fingerprint density at radius 1 is 0.579 bits per heavy atom. The van der Waals surface area contributed by atoms with Gasteiger partial charge in [-0.2, -0.15) is 0 Å². The molecular weight excluding hydrogens is 719 g/mol. The Labute approximate surface area is 349 Å². The molecule has 0 amide bonds. The molecule has 1 aliphatic rings. The molecule has 0 saturated carbocycles. The van der Waals surface area contributed by atoms with Crippen LogP contribution in [-0.2, 0) is 38.1 Å². The predicted octanol–water partition coefficient (Wildman–Crippen LogP) is 11.9. The van der Waals surface area contributed by atoms with Gasteiger partial charge in [0.1, 0.15) is 19.8 Å². The summed E-state index contributed by atoms with van der Waals surface area (Å²) in [6, 6.07) is 0. The molecule has 0 aliphatic carbocycles. The fraction of sp³-hybridized carbons (Fsp3) is 0.854. The Morgan fingerprint density at radius 3 is 1.61 bits per heavy atom. The highest BCUT2D eigenvalue weighted by molar-refractivity contribution is 5.73. The number of likely N-dealkylation sites (tertiary alicyclic amines) is 1. The van der Waals surface area contributed by atoms with Crippen LogP contribution in [0.4, 0.5) is 0 Å². The number of hydrogen-bond donors (Lipinski definition) is 0. The lowest BCUT2D eigenvalue weighted by atomic mass is 10.1. The molecule has 9 nitrogen and oxygen atoms in total. The van der Waals surface area contributed by atoms with Gasteiger partial charge in [-0.15, -0.1) is 0 Å². The van der Waals surface area contributed by atoms with Crippen molar-refractivity contribution in [2.45, 2.75) is 200 Å². The molecule has 9 heteroatoms. The van der Waals surface area contributed by atoms with E-state index in [2.05, 4.69) is 50.0 Å². The third kappa shape index (κ3) is 33.3. The normalized spacial score (nSPS) is 15.3. The molecule has 57 heavy (non-hydrogen) atoms. The number of esters is 3. The zero-order valence-corrected chi connectivity index (χ0v) is 37.3. The van der Waals surface area contributed by atoms with E-state index in [4.69, 9.17) is 23.7 Å². The van der Waals surface area contributed by atoms with Crippen molar-refractivity contribution in [3.05, 3.63) is 24.3 Å². The molecule has 0 aromatic heterocycles. The summed E-state index contributed by atoms with van der Waals surface area (Å²) in [4.78, 5) is 40.5. The van der Waals surface area contributed by atoms with E-state index in [1.165, 1.54) is 77.0 Å². The average molecular weight is 806 g/mol. The van der Waals surface area contributed by atoms with E-state index in [9.17, 15) is 14.4 Å². The molecule has 0 aromatic rings. The molecule has 1 rings (SSSR count). The molecule has 1 saturated heterocycles. The fourth-order valence-electron chi connectivity index (χ4n) is 6.88. The van der Waals surface area contributed by atoms with Crippen LogP contribution in [0, 0.1) is 11.8 Å². The number of hydrogen-bond acceptors (Lipinski definition) is 9. The van der Waals surface area contributed by atoms with Gasteiger partial charge in [-0.3, -0.25) is 14.4 Å². The lowest BCUT2D eigenvalue weighted by Crippen LogP contribution is -2.29. The number of nitrogens with zero attached hydrogens (tertiary/aromatic N) is 1. The molecular formula is C48H87NO8. The highest BCUT2D eigenvalue weighted by Gasteiger charge is 2.28. The van der Waals surface area contributed by atoms with Crippen LogP contribution in [0.2, 0.25) is 0 Å². The maximum absolute atomic E-state index is 12.9. The van der Waals surface area contributed by atoms with E-state index in [-0.39, 0.29) is 50.1 Å². The first-order valence-electron chi connectivity index (χ1n) is 23.6. The zero-order chi connectivity index (χ0) is 41.4. The molecule has 332 valence electrons. The number of unbranched alkanes of at least 4 members (excludes halogenated alkanes) is 18. The topological polar surface area (TPSA) is 101 Å². The lowest BCUT2D eigenvalue weighted by Gasteiger charge is -2.20. The summed E-state index contributed by atoms with van der Waals surface area (Å²) in [7, 11) is 1.99. The minimum Gasteiger partial charge on any atom is -0.465 e. The van der Waals surface area contributed by atoms with Crippen LogP contribution in [0.25, 0.3) is 0 Å². The second kappa shape index (κ2) is 39.2. The highest BCUT2D eigenvalue weighted by atomic mass is 16.7. The largest absolute Gasteiger partial charge is 0.465 e. The quantitative estimate of drug-likeness (QED) is 0.0197. The minimum absolute atomic E-state index is 0.00948. The van der Waals surface area contributed by atoms with Gasteiger partial charge in [-0.25, -0.2) is 0 Å². The smallest absolute Gasteiger partial charge is 0.310 e. The summed E-state index contributed by atoms with van der Waals surface area (Å²) >= 11 is 0. The number of ether oxygens (including phenoxy) is 5. The summed E-state index contributed by atoms with van der Waals surface area (Å²) in [5.41, 5.74) is 0. The molecule has 2 unspecified atom stereocenters. The van der Waals surface area contributed by atoms with Crippen LogP contribution in [0.5, 0.6) is 0 Å². The van der Waals surface area contributed by atoms with Crippen LogP contribution < -0.4 is 0 Å². The monoisotopic (exact) mass is 806 g/mol. The van der Waals surface area contributed by atoms with Crippen molar-refractivity contribution in [1.82, 2.24) is 4.90 Å². The molecule has 1 aliphatic heterocycles. The molecule has 0 bridgehead atoms. The molecule has 0 N–H and O–H groups in total. The van der Waals surface area contributed by atoms with Crippen LogP contribution >= 0.6 is 0 Å². The second-order valence-electron chi connectivity index (χ2n) is 16.3. The van der Waals surface area contributed by atoms with Gasteiger partial charge in [0.25, 0.3) is 0 Å². The standard InChI is InChI=1S/C48H87NO8/c1-5-8-11-14-17-18-19-20-21-22-23-24-25-26-29-32-45(50)55-40-43(42-57-48(52)44-35-36-49(4)39-44)41-56-46(51)33-34-47(53-37-30-27-15-12-9-6-2)54-38-31-28-16-13-10-7-3/h17-18,20-21,43-44,47H,5-16,19,22-42H2,1-4H3/b18-17-,21-20-. The first-order chi connectivity index (χ1) is 27.9. The minimum atomic E-state index is -0.444. The van der Waals surface area contributed by atoms with Gasteiger partial charge in [0.2, 0.25) is 0 Å². The molecule has 1 fully saturated rings. The van der Waals surface area contributed by atoms with Crippen molar-refractivity contribution in [2.24, 2.45) is 11.8 Å². The number of allylic oxidation sites excluding steroid dienone is 4. The van der Waals surface area contributed by atoms with E-state index in [1.807, 2.05) is 7.05 Å². The van der Waals surface area contributed by atoms with Gasteiger partial charge < -0.3 is 28.6 Å². The molecule has 2 atom stereocenters. The van der Waals surface area contributed by atoms with E-state index in [0.29, 0.717) is 32.6 Å². The Hall–Kier alpha value is -2.23. The summed E-state index contributed by atoms with van der Waals surface area (Å²) < 4.78 is 29.1. The van der Waals surface area contributed by atoms with Crippen molar-refractivity contribution in [1.29, 1.82) is 0 Å². The first-order valence-corrected chi connectivity index (χ1v) is 23.6. The predicted molar refractivity (Wildman–Crippen MR) is 233 cm³/mol. The van der Waals surface area contributed by atoms with Crippen LogP contribution in [0.3, 0.4) is 0 Å². The molecule has 0 spiro atoms. The van der Waals surface area contributed by atoms with Crippen LogP contribution in [0.15, 0.2) is 24.3 Å². The Balaban J connectivity index is 2.47. The van der Waals surface area contributed by atoms with Gasteiger partial charge >= 0.3 is 17.9 Å². The van der Waals surface area contributed by atoms with Crippen molar-refractivity contribution < 1.29 is 38.1 Å². The maximum Gasteiger partial charge on any atom is 0.310 e. The SMILES string of the molecule is CCCCC/C=C\C/C=C\CCCCCCCC(=O)OCC(COC(=O)CCC(OCCCCCCCC)OCCCCCCCC)COC(=O)C1CCN(C)C1. The zero-order valence-electron chi connectivity index (χ0n) is 37.3. The van der Waals surface area contributed by atoms with Gasteiger partial charge in [-0.1, -0.05) is 141 Å². The lowest BCUT2D eigenvalue weighted by molar-refractivity contribution is -0.162. The average Bonchev–Trinajstić information content (AvgIpc) is 3.66. The Kier molecular flexibility index (Phi) is 36.3. The van der Waals surface area contributed by atoms with E-state index in [1.54, 1.807) is 0 Å². The third-order valence-electron chi connectivity index (χ3n) is 10.7. The van der Waals surface area contributed by atoms with Gasteiger partial charge in [0.05, 0.1) is 18.3 Å². The number of carbonyl (C=O) groups excluding carboxylic acids is 3. The van der Waals surface area contributed by atoms with Crippen molar-refractivity contribution in [3.63, 3.8) is 0 Å². The van der Waals surface area contributed by atoms with Crippen molar-refractivity contribution in [3.8, 4) is 0 Å². The molecule has 1 heterocycles. The van der Waals surface area contributed by atoms with Crippen LogP contribution in [-0.4, -0.2) is 82.3 Å². The summed E-state index contributed by atoms with van der Waals surface area (Å²) in [6.45, 7) is 9.53. The Bertz CT molecular complexity index is 998. The summed E-state index contributed by atoms with van der Waals surface area (Å²) in [5.74, 6) is -1.48. The first kappa shape index (κ1) is 52.8. The van der Waals surface area contributed by atoms with Gasteiger partial charge in [0.15, 0.2) is 6.29 Å². The molecule has 0 aromatic carbocycles. The third-order valence-corrected chi connectivity index (χ3v) is 10.7. The van der Waals surface area contributed by atoms with Crippen molar-refractivity contribution in [2.75, 3.05) is 53.2 Å². The van der Waals surface area contributed by atoms with Crippen LogP contribution in [0.1, 0.15) is 194 Å². The number of rotatable bonds is 40. The van der Waals surface area contributed by atoms with E-state index in [0.717, 1.165) is 83.6 Å². The van der Waals surface area contributed by atoms with Gasteiger partial charge in [0, 0.05) is 32.6 Å². The highest BCUT2D eigenvalue weighted by Crippen LogP contribution is 2.18. The molecule has 0 radical (unpaired) electrons. The number of carbonyl (C=O) groups is 3. The summed E-state index contributed by atoms with van der Waals surface area (Å²) in [5, 5.41) is 0. The fourth-order valence-corrected chi connectivity index (χ4v) is 6.88. The summed E-state index contributed by atoms with van der Waals surface area (Å²) in [6.07, 6.45) is 36.9. The Morgan fingerprint density at radius 2 is 1.05 bits per heavy atom. The maximum atomic E-state index is 12.9.